The Morgan fingerprint density at radius 2 is 1.61 bits per heavy atom. The minimum absolute atomic E-state index is 0.211. The fourth-order valence-electron chi connectivity index (χ4n) is 3.30. The van der Waals surface area contributed by atoms with Crippen molar-refractivity contribution in [3.05, 3.63) is 69.5 Å². The number of nitrogens with zero attached hydrogens (tertiary/aromatic N) is 2. The second kappa shape index (κ2) is 9.58. The van der Waals surface area contributed by atoms with E-state index in [0.29, 0.717) is 21.6 Å². The van der Waals surface area contributed by atoms with E-state index in [2.05, 4.69) is 0 Å². The number of fused-ring (bicyclic) bond motifs is 1. The molecule has 0 spiro atoms. The van der Waals surface area contributed by atoms with E-state index < -0.39 is 40.7 Å². The van der Waals surface area contributed by atoms with Gasteiger partial charge in [-0.3, -0.25) is 19.2 Å². The van der Waals surface area contributed by atoms with Crippen molar-refractivity contribution >= 4 is 46.0 Å². The SMILES string of the molecule is CC(C)C(=O)Oc1c(C(=O)N(C(=O)C(C)C)c2ccccc2)c(=O)n(C)c2ccc(Cl)cc12. The lowest BCUT2D eigenvalue weighted by Gasteiger charge is -2.24. The number of aromatic nitrogens is 1. The van der Waals surface area contributed by atoms with Crippen molar-refractivity contribution in [3.8, 4) is 5.75 Å². The number of aryl methyl sites for hydroxylation is 1. The summed E-state index contributed by atoms with van der Waals surface area (Å²) >= 11 is 6.19. The molecular weight excluding hydrogens is 444 g/mol. The molecule has 172 valence electrons. The van der Waals surface area contributed by atoms with Gasteiger partial charge in [0.2, 0.25) is 5.91 Å². The molecule has 3 rings (SSSR count). The number of hydrogen-bond donors (Lipinski definition) is 0. The number of pyridine rings is 1. The lowest BCUT2D eigenvalue weighted by atomic mass is 10.1. The highest BCUT2D eigenvalue weighted by Crippen LogP contribution is 2.32. The highest BCUT2D eigenvalue weighted by Gasteiger charge is 2.33. The molecule has 0 atom stereocenters. The maximum absolute atomic E-state index is 13.8. The molecule has 0 fully saturated rings. The lowest BCUT2D eigenvalue weighted by Crippen LogP contribution is -2.43. The standard InChI is InChI=1S/C25H25ClN2O5/c1-14(2)22(29)28(17-9-7-6-8-10-17)24(31)20-21(33-25(32)15(3)4)18-13-16(26)11-12-19(18)27(5)23(20)30/h6-15H,1-5H3. The molecule has 0 radical (unpaired) electrons. The summed E-state index contributed by atoms with van der Waals surface area (Å²) in [6.45, 7) is 6.59. The average Bonchev–Trinajstić information content (AvgIpc) is 2.77. The van der Waals surface area contributed by atoms with Crippen LogP contribution >= 0.6 is 11.6 Å². The van der Waals surface area contributed by atoms with Gasteiger partial charge in [0.25, 0.3) is 11.5 Å². The van der Waals surface area contributed by atoms with Gasteiger partial charge in [0, 0.05) is 23.4 Å². The predicted octanol–water partition coefficient (Wildman–Crippen LogP) is 4.58. The molecule has 0 aliphatic rings. The van der Waals surface area contributed by atoms with Crippen LogP contribution in [-0.4, -0.2) is 22.4 Å². The highest BCUT2D eigenvalue weighted by molar-refractivity contribution is 6.31. The van der Waals surface area contributed by atoms with Crippen molar-refractivity contribution < 1.29 is 19.1 Å². The van der Waals surface area contributed by atoms with Gasteiger partial charge in [-0.15, -0.1) is 0 Å². The van der Waals surface area contributed by atoms with Crippen LogP contribution in [0.2, 0.25) is 5.02 Å². The van der Waals surface area contributed by atoms with E-state index >= 15 is 0 Å². The minimum Gasteiger partial charge on any atom is -0.425 e. The van der Waals surface area contributed by atoms with Gasteiger partial charge in [0.15, 0.2) is 5.75 Å². The van der Waals surface area contributed by atoms with E-state index in [-0.39, 0.29) is 5.75 Å². The van der Waals surface area contributed by atoms with E-state index in [4.69, 9.17) is 16.3 Å². The Balaban J connectivity index is 2.37. The number of anilines is 1. The van der Waals surface area contributed by atoms with Crippen molar-refractivity contribution in [2.75, 3.05) is 4.90 Å². The zero-order valence-corrected chi connectivity index (χ0v) is 19.8. The molecule has 8 heteroatoms. The number of hydrogen-bond acceptors (Lipinski definition) is 5. The van der Waals surface area contributed by atoms with Crippen LogP contribution in [0.25, 0.3) is 10.9 Å². The summed E-state index contributed by atoms with van der Waals surface area (Å²) in [6, 6.07) is 13.0. The topological polar surface area (TPSA) is 85.7 Å². The zero-order valence-electron chi connectivity index (χ0n) is 19.1. The van der Waals surface area contributed by atoms with Crippen molar-refractivity contribution in [1.29, 1.82) is 0 Å². The van der Waals surface area contributed by atoms with E-state index in [1.165, 1.54) is 17.7 Å². The van der Waals surface area contributed by atoms with Crippen LogP contribution in [0, 0.1) is 11.8 Å². The molecule has 3 aromatic rings. The highest BCUT2D eigenvalue weighted by atomic mass is 35.5. The molecule has 0 aliphatic heterocycles. The molecular formula is C25H25ClN2O5. The van der Waals surface area contributed by atoms with Crippen LogP contribution < -0.4 is 15.2 Å². The number of rotatable bonds is 5. The van der Waals surface area contributed by atoms with Gasteiger partial charge in [-0.2, -0.15) is 0 Å². The second-order valence-corrected chi connectivity index (χ2v) is 8.71. The maximum atomic E-state index is 13.8. The van der Waals surface area contributed by atoms with Crippen LogP contribution in [0.1, 0.15) is 38.1 Å². The third-order valence-electron chi connectivity index (χ3n) is 5.13. The van der Waals surface area contributed by atoms with Crippen molar-refractivity contribution in [2.45, 2.75) is 27.7 Å². The van der Waals surface area contributed by atoms with Crippen molar-refractivity contribution in [2.24, 2.45) is 18.9 Å². The van der Waals surface area contributed by atoms with Crippen LogP contribution in [-0.2, 0) is 16.6 Å². The van der Waals surface area contributed by atoms with Gasteiger partial charge < -0.3 is 9.30 Å². The summed E-state index contributed by atoms with van der Waals surface area (Å²) in [5.74, 6) is -3.27. The Labute approximate surface area is 196 Å². The van der Waals surface area contributed by atoms with E-state index in [9.17, 15) is 19.2 Å². The third-order valence-corrected chi connectivity index (χ3v) is 5.36. The number of benzene rings is 2. The first-order valence-corrected chi connectivity index (χ1v) is 10.9. The number of imide groups is 1. The molecule has 0 saturated heterocycles. The van der Waals surface area contributed by atoms with Crippen LogP contribution in [0.3, 0.4) is 0 Å². The molecule has 0 bridgehead atoms. The molecule has 33 heavy (non-hydrogen) atoms. The smallest absolute Gasteiger partial charge is 0.313 e. The largest absolute Gasteiger partial charge is 0.425 e. The average molecular weight is 469 g/mol. The zero-order chi connectivity index (χ0) is 24.4. The number of amides is 2. The van der Waals surface area contributed by atoms with Crippen LogP contribution in [0.15, 0.2) is 53.3 Å². The Kier molecular flexibility index (Phi) is 7.03. The molecule has 1 aromatic heterocycles. The van der Waals surface area contributed by atoms with E-state index in [1.54, 1.807) is 70.2 Å². The summed E-state index contributed by atoms with van der Waals surface area (Å²) in [5, 5.41) is 0.645. The molecule has 1 heterocycles. The second-order valence-electron chi connectivity index (χ2n) is 8.27. The number of esters is 1. The molecule has 0 N–H and O–H groups in total. The number of para-hydroxylation sites is 1. The monoisotopic (exact) mass is 468 g/mol. The first kappa shape index (κ1) is 24.2. The van der Waals surface area contributed by atoms with Crippen molar-refractivity contribution in [3.63, 3.8) is 0 Å². The molecule has 7 nitrogen and oxygen atoms in total. The first-order chi connectivity index (χ1) is 15.5. The number of carbonyl (C=O) groups is 3. The Morgan fingerprint density at radius 3 is 2.18 bits per heavy atom. The predicted molar refractivity (Wildman–Crippen MR) is 128 cm³/mol. The summed E-state index contributed by atoms with van der Waals surface area (Å²) < 4.78 is 6.86. The summed E-state index contributed by atoms with van der Waals surface area (Å²) in [7, 11) is 1.50. The van der Waals surface area contributed by atoms with Gasteiger partial charge in [-0.1, -0.05) is 57.5 Å². The number of halogens is 1. The summed E-state index contributed by atoms with van der Waals surface area (Å²) in [5.41, 5.74) is -0.387. The third kappa shape index (κ3) is 4.68. The fraction of sp³-hybridized carbons (Fsp3) is 0.280. The fourth-order valence-corrected chi connectivity index (χ4v) is 3.47. The molecule has 2 aromatic carbocycles. The number of carbonyl (C=O) groups excluding carboxylic acids is 3. The Bertz CT molecular complexity index is 1300. The summed E-state index contributed by atoms with van der Waals surface area (Å²) in [4.78, 5) is 53.8. The van der Waals surface area contributed by atoms with Gasteiger partial charge in [0.05, 0.1) is 17.1 Å². The van der Waals surface area contributed by atoms with Crippen LogP contribution in [0.4, 0.5) is 5.69 Å². The maximum Gasteiger partial charge on any atom is 0.313 e. The molecule has 0 aliphatic carbocycles. The number of ether oxygens (including phenoxy) is 1. The normalized spacial score (nSPS) is 11.2. The van der Waals surface area contributed by atoms with Gasteiger partial charge >= 0.3 is 5.97 Å². The van der Waals surface area contributed by atoms with E-state index in [0.717, 1.165) is 4.90 Å². The van der Waals surface area contributed by atoms with Gasteiger partial charge in [-0.25, -0.2) is 4.90 Å². The van der Waals surface area contributed by atoms with E-state index in [1.807, 2.05) is 0 Å². The lowest BCUT2D eigenvalue weighted by molar-refractivity contribution is -0.137. The quantitative estimate of drug-likeness (QED) is 0.511. The Hall–Kier alpha value is -3.45. The minimum atomic E-state index is -0.881. The van der Waals surface area contributed by atoms with Gasteiger partial charge in [0.1, 0.15) is 5.56 Å². The van der Waals surface area contributed by atoms with Gasteiger partial charge in [-0.05, 0) is 30.3 Å². The van der Waals surface area contributed by atoms with Crippen LogP contribution in [0.5, 0.6) is 5.75 Å². The molecule has 0 saturated carbocycles. The first-order valence-electron chi connectivity index (χ1n) is 10.5. The molecule has 0 unspecified atom stereocenters. The summed E-state index contributed by atoms with van der Waals surface area (Å²) in [6.07, 6.45) is 0. The van der Waals surface area contributed by atoms with Crippen molar-refractivity contribution in [1.82, 2.24) is 4.57 Å². The molecule has 2 amide bonds. The Morgan fingerprint density at radius 1 is 0.970 bits per heavy atom.